The third-order valence-electron chi connectivity index (χ3n) is 3.87. The molecule has 0 saturated carbocycles. The fourth-order valence-electron chi connectivity index (χ4n) is 2.44. The van der Waals surface area contributed by atoms with E-state index in [1.54, 1.807) is 7.11 Å². The van der Waals surface area contributed by atoms with Crippen LogP contribution in [0.2, 0.25) is 0 Å². The molecule has 1 aliphatic heterocycles. The summed E-state index contributed by atoms with van der Waals surface area (Å²) in [5, 5.41) is 2.68. The monoisotopic (exact) mass is 403 g/mol. The molecule has 0 aromatic heterocycles. The molecule has 8 heteroatoms. The maximum atomic E-state index is 11.9. The van der Waals surface area contributed by atoms with Crippen LogP contribution in [0.25, 0.3) is 0 Å². The fourth-order valence-corrected chi connectivity index (χ4v) is 3.14. The van der Waals surface area contributed by atoms with Crippen LogP contribution in [0.3, 0.4) is 0 Å². The van der Waals surface area contributed by atoms with Crippen LogP contribution >= 0.6 is 11.8 Å². The van der Waals surface area contributed by atoms with Crippen LogP contribution in [0.5, 0.6) is 17.2 Å². The van der Waals surface area contributed by atoms with Crippen molar-refractivity contribution in [1.82, 2.24) is 5.32 Å². The van der Waals surface area contributed by atoms with E-state index in [1.165, 1.54) is 11.8 Å². The molecule has 1 N–H and O–H groups in total. The van der Waals surface area contributed by atoms with Gasteiger partial charge in [0, 0.05) is 4.90 Å². The summed E-state index contributed by atoms with van der Waals surface area (Å²) in [5.41, 5.74) is 0. The summed E-state index contributed by atoms with van der Waals surface area (Å²) in [5.74, 6) is 1.37. The first kappa shape index (κ1) is 19.9. The van der Waals surface area contributed by atoms with Crippen molar-refractivity contribution in [3.05, 3.63) is 48.5 Å². The predicted molar refractivity (Wildman–Crippen MR) is 104 cm³/mol. The van der Waals surface area contributed by atoms with Gasteiger partial charge in [0.2, 0.25) is 0 Å². The van der Waals surface area contributed by atoms with E-state index < -0.39 is 5.97 Å². The summed E-state index contributed by atoms with van der Waals surface area (Å²) in [6.45, 7) is 0.285. The minimum Gasteiger partial charge on any atom is -0.497 e. The number of esters is 1. The summed E-state index contributed by atoms with van der Waals surface area (Å²) in [7, 11) is 1.59. The van der Waals surface area contributed by atoms with Crippen LogP contribution in [-0.2, 0) is 14.3 Å². The highest BCUT2D eigenvalue weighted by Crippen LogP contribution is 2.30. The van der Waals surface area contributed by atoms with Gasteiger partial charge in [-0.25, -0.2) is 0 Å². The molecule has 2 aromatic carbocycles. The van der Waals surface area contributed by atoms with Gasteiger partial charge < -0.3 is 24.3 Å². The maximum absolute atomic E-state index is 11.9. The summed E-state index contributed by atoms with van der Waals surface area (Å²) >= 11 is 1.33. The first-order chi connectivity index (χ1) is 13.6. The third-order valence-corrected chi connectivity index (χ3v) is 4.86. The average Bonchev–Trinajstić information content (AvgIpc) is 2.75. The van der Waals surface area contributed by atoms with E-state index in [-0.39, 0.29) is 30.9 Å². The lowest BCUT2D eigenvalue weighted by Gasteiger charge is -2.26. The second-order valence-corrected chi connectivity index (χ2v) is 6.98. The number of amides is 1. The van der Waals surface area contributed by atoms with E-state index in [0.29, 0.717) is 18.1 Å². The quantitative estimate of drug-likeness (QED) is 0.535. The Balaban J connectivity index is 1.32. The Kier molecular flexibility index (Phi) is 7.02. The lowest BCUT2D eigenvalue weighted by Crippen LogP contribution is -2.42. The lowest BCUT2D eigenvalue weighted by atomic mass is 10.2. The van der Waals surface area contributed by atoms with Crippen molar-refractivity contribution < 1.29 is 28.5 Å². The molecule has 0 saturated heterocycles. The molecule has 1 aliphatic rings. The molecule has 0 radical (unpaired) electrons. The van der Waals surface area contributed by atoms with Gasteiger partial charge in [-0.2, -0.15) is 0 Å². The molecule has 148 valence electrons. The number of benzene rings is 2. The van der Waals surface area contributed by atoms with E-state index >= 15 is 0 Å². The Labute approximate surface area is 167 Å². The van der Waals surface area contributed by atoms with Gasteiger partial charge >= 0.3 is 5.97 Å². The van der Waals surface area contributed by atoms with E-state index in [1.807, 2.05) is 48.5 Å². The van der Waals surface area contributed by atoms with E-state index in [2.05, 4.69) is 5.32 Å². The van der Waals surface area contributed by atoms with Gasteiger partial charge in [0.25, 0.3) is 5.91 Å². The van der Waals surface area contributed by atoms with Gasteiger partial charge in [-0.1, -0.05) is 12.1 Å². The van der Waals surface area contributed by atoms with Crippen LogP contribution in [0.15, 0.2) is 53.4 Å². The van der Waals surface area contributed by atoms with Gasteiger partial charge in [0.15, 0.2) is 18.1 Å². The highest BCUT2D eigenvalue weighted by atomic mass is 32.2. The maximum Gasteiger partial charge on any atom is 0.316 e. The molecule has 2 aromatic rings. The van der Waals surface area contributed by atoms with Crippen molar-refractivity contribution >= 4 is 23.6 Å². The number of thioether (sulfide) groups is 1. The number of carbonyl (C=O) groups is 2. The fraction of sp³-hybridized carbons (Fsp3) is 0.300. The van der Waals surface area contributed by atoms with Gasteiger partial charge in [0.05, 0.1) is 19.4 Å². The van der Waals surface area contributed by atoms with Gasteiger partial charge in [-0.3, -0.25) is 9.59 Å². The molecule has 3 rings (SSSR count). The molecule has 0 fully saturated rings. The number of carbonyl (C=O) groups excluding carboxylic acids is 2. The zero-order chi connectivity index (χ0) is 19.8. The number of hydrogen-bond donors (Lipinski definition) is 1. The standard InChI is InChI=1S/C20H21NO6S/c1-24-14-6-8-16(9-7-14)28-13-20(23)26-12-19(22)21-10-15-11-25-17-4-2-3-5-18(17)27-15/h2-9,15H,10-13H2,1H3,(H,21,22)/t15-/m1/s1. The SMILES string of the molecule is COc1ccc(SCC(=O)OCC(=O)NC[C@@H]2COc3ccccc3O2)cc1. The molecule has 1 heterocycles. The Morgan fingerprint density at radius 3 is 2.64 bits per heavy atom. The highest BCUT2D eigenvalue weighted by Gasteiger charge is 2.21. The number of methoxy groups -OCH3 is 1. The highest BCUT2D eigenvalue weighted by molar-refractivity contribution is 8.00. The molecule has 0 spiro atoms. The van der Waals surface area contributed by atoms with Gasteiger partial charge in [-0.15, -0.1) is 11.8 Å². The van der Waals surface area contributed by atoms with Crippen molar-refractivity contribution in [2.24, 2.45) is 0 Å². The Morgan fingerprint density at radius 1 is 1.14 bits per heavy atom. The molecular formula is C20H21NO6S. The van der Waals surface area contributed by atoms with Crippen LogP contribution in [0.1, 0.15) is 0 Å². The largest absolute Gasteiger partial charge is 0.497 e. The second-order valence-electron chi connectivity index (χ2n) is 5.93. The molecule has 1 amide bonds. The first-order valence-corrected chi connectivity index (χ1v) is 9.70. The summed E-state index contributed by atoms with van der Waals surface area (Å²) in [6.07, 6.45) is -0.292. The Morgan fingerprint density at radius 2 is 1.89 bits per heavy atom. The van der Waals surface area contributed by atoms with Crippen LogP contribution in [-0.4, -0.2) is 50.6 Å². The van der Waals surface area contributed by atoms with Crippen molar-refractivity contribution in [3.63, 3.8) is 0 Å². The first-order valence-electron chi connectivity index (χ1n) is 8.71. The van der Waals surface area contributed by atoms with Crippen LogP contribution < -0.4 is 19.5 Å². The molecule has 0 unspecified atom stereocenters. The van der Waals surface area contributed by atoms with Gasteiger partial charge in [0.1, 0.15) is 18.5 Å². The number of fused-ring (bicyclic) bond motifs is 1. The van der Waals surface area contributed by atoms with Crippen molar-refractivity contribution in [2.75, 3.05) is 32.6 Å². The number of nitrogens with one attached hydrogen (secondary N) is 1. The smallest absolute Gasteiger partial charge is 0.316 e. The zero-order valence-electron chi connectivity index (χ0n) is 15.4. The molecule has 0 aliphatic carbocycles. The van der Waals surface area contributed by atoms with Gasteiger partial charge in [-0.05, 0) is 36.4 Å². The summed E-state index contributed by atoms with van der Waals surface area (Å²) in [4.78, 5) is 24.6. The van der Waals surface area contributed by atoms with E-state index in [9.17, 15) is 9.59 Å². The number of rotatable bonds is 8. The van der Waals surface area contributed by atoms with Crippen molar-refractivity contribution in [3.8, 4) is 17.2 Å². The third kappa shape index (κ3) is 5.82. The topological polar surface area (TPSA) is 83.1 Å². The van der Waals surface area contributed by atoms with Crippen molar-refractivity contribution in [2.45, 2.75) is 11.0 Å². The molecule has 1 atom stereocenters. The number of para-hydroxylation sites is 2. The lowest BCUT2D eigenvalue weighted by molar-refractivity contribution is -0.146. The number of ether oxygens (including phenoxy) is 4. The molecule has 7 nitrogen and oxygen atoms in total. The minimum absolute atomic E-state index is 0.121. The van der Waals surface area contributed by atoms with E-state index in [4.69, 9.17) is 18.9 Å². The Bertz CT molecular complexity index is 811. The average molecular weight is 403 g/mol. The number of hydrogen-bond acceptors (Lipinski definition) is 7. The second kappa shape index (κ2) is 9.89. The zero-order valence-corrected chi connectivity index (χ0v) is 16.2. The van der Waals surface area contributed by atoms with Crippen molar-refractivity contribution in [1.29, 1.82) is 0 Å². The summed E-state index contributed by atoms with van der Waals surface area (Å²) < 4.78 is 21.4. The summed E-state index contributed by atoms with van der Waals surface area (Å²) in [6, 6.07) is 14.7. The predicted octanol–water partition coefficient (Wildman–Crippen LogP) is 2.29. The molecule has 0 bridgehead atoms. The van der Waals surface area contributed by atoms with Crippen LogP contribution in [0.4, 0.5) is 0 Å². The molecule has 28 heavy (non-hydrogen) atoms. The Hall–Kier alpha value is -2.87. The minimum atomic E-state index is -0.456. The van der Waals surface area contributed by atoms with E-state index in [0.717, 1.165) is 10.6 Å². The normalized spacial score (nSPS) is 14.8. The van der Waals surface area contributed by atoms with Crippen LogP contribution in [0, 0.1) is 0 Å². The molecular weight excluding hydrogens is 382 g/mol.